The lowest BCUT2D eigenvalue weighted by Crippen LogP contribution is -2.43. The van der Waals surface area contributed by atoms with Crippen molar-refractivity contribution >= 4 is 0 Å². The van der Waals surface area contributed by atoms with Gasteiger partial charge in [0.2, 0.25) is 0 Å². The predicted molar refractivity (Wildman–Crippen MR) is 75.2 cm³/mol. The second-order valence-corrected chi connectivity index (χ2v) is 5.16. The molecule has 0 aliphatic heterocycles. The zero-order valence-electron chi connectivity index (χ0n) is 11.9. The minimum Gasteiger partial charge on any atom is -0.490 e. The highest BCUT2D eigenvalue weighted by molar-refractivity contribution is 5.38. The zero-order chi connectivity index (χ0) is 13.6. The summed E-state index contributed by atoms with van der Waals surface area (Å²) in [7, 11) is 0. The van der Waals surface area contributed by atoms with Crippen LogP contribution in [0.3, 0.4) is 0 Å². The third-order valence-electron chi connectivity index (χ3n) is 3.03. The summed E-state index contributed by atoms with van der Waals surface area (Å²) in [5.41, 5.74) is 1.50. The average Bonchev–Trinajstić information content (AvgIpc) is 2.31. The van der Waals surface area contributed by atoms with Crippen LogP contribution in [0, 0.1) is 13.8 Å². The molecule has 1 atom stereocenters. The van der Waals surface area contributed by atoms with E-state index in [0.29, 0.717) is 13.2 Å². The van der Waals surface area contributed by atoms with Gasteiger partial charge >= 0.3 is 0 Å². The zero-order valence-corrected chi connectivity index (χ0v) is 11.9. The Labute approximate surface area is 110 Å². The van der Waals surface area contributed by atoms with E-state index in [9.17, 15) is 5.11 Å². The van der Waals surface area contributed by atoms with Crippen LogP contribution in [0.25, 0.3) is 0 Å². The Balaban J connectivity index is 2.50. The molecular formula is C15H25NO2. The highest BCUT2D eigenvalue weighted by atomic mass is 16.5. The summed E-state index contributed by atoms with van der Waals surface area (Å²) in [5.74, 6) is 0.853. The number of benzene rings is 1. The van der Waals surface area contributed by atoms with E-state index in [1.807, 2.05) is 19.1 Å². The molecule has 0 aliphatic carbocycles. The topological polar surface area (TPSA) is 41.5 Å². The number of ether oxygens (including phenoxy) is 1. The van der Waals surface area contributed by atoms with E-state index in [0.717, 1.165) is 24.3 Å². The van der Waals surface area contributed by atoms with E-state index in [1.165, 1.54) is 5.56 Å². The first-order valence-electron chi connectivity index (χ1n) is 6.58. The van der Waals surface area contributed by atoms with E-state index in [4.69, 9.17) is 4.74 Å². The SMILES string of the molecule is CCCNCC(C)(O)COc1cccc(C)c1C. The van der Waals surface area contributed by atoms with Gasteiger partial charge in [0, 0.05) is 6.54 Å². The van der Waals surface area contributed by atoms with Crippen LogP contribution in [-0.4, -0.2) is 30.4 Å². The maximum Gasteiger partial charge on any atom is 0.122 e. The smallest absolute Gasteiger partial charge is 0.122 e. The number of aliphatic hydroxyl groups is 1. The molecule has 1 aromatic rings. The molecule has 102 valence electrons. The van der Waals surface area contributed by atoms with Gasteiger partial charge in [-0.3, -0.25) is 0 Å². The van der Waals surface area contributed by atoms with Gasteiger partial charge in [-0.2, -0.15) is 0 Å². The van der Waals surface area contributed by atoms with E-state index in [-0.39, 0.29) is 0 Å². The van der Waals surface area contributed by atoms with Crippen LogP contribution in [0.4, 0.5) is 0 Å². The second-order valence-electron chi connectivity index (χ2n) is 5.16. The van der Waals surface area contributed by atoms with Crippen molar-refractivity contribution in [3.63, 3.8) is 0 Å². The fourth-order valence-corrected chi connectivity index (χ4v) is 1.70. The van der Waals surface area contributed by atoms with Crippen LogP contribution in [0.15, 0.2) is 18.2 Å². The van der Waals surface area contributed by atoms with Crippen molar-refractivity contribution in [2.45, 2.75) is 39.7 Å². The fourth-order valence-electron chi connectivity index (χ4n) is 1.70. The van der Waals surface area contributed by atoms with Crippen molar-refractivity contribution in [2.75, 3.05) is 19.7 Å². The molecule has 0 radical (unpaired) electrons. The third kappa shape index (κ3) is 4.67. The lowest BCUT2D eigenvalue weighted by atomic mass is 10.1. The summed E-state index contributed by atoms with van der Waals surface area (Å²) in [6.45, 7) is 9.76. The van der Waals surface area contributed by atoms with Gasteiger partial charge in [0.05, 0.1) is 0 Å². The summed E-state index contributed by atoms with van der Waals surface area (Å²) in [5, 5.41) is 13.4. The number of hydrogen-bond acceptors (Lipinski definition) is 3. The molecule has 0 saturated carbocycles. The van der Waals surface area contributed by atoms with Gasteiger partial charge < -0.3 is 15.2 Å². The monoisotopic (exact) mass is 251 g/mol. The normalized spacial score (nSPS) is 14.3. The summed E-state index contributed by atoms with van der Waals surface area (Å²) < 4.78 is 5.72. The molecule has 0 saturated heterocycles. The molecule has 2 N–H and O–H groups in total. The summed E-state index contributed by atoms with van der Waals surface area (Å²) in [4.78, 5) is 0. The molecular weight excluding hydrogens is 226 g/mol. The quantitative estimate of drug-likeness (QED) is 0.731. The summed E-state index contributed by atoms with van der Waals surface area (Å²) >= 11 is 0. The molecule has 0 heterocycles. The Hall–Kier alpha value is -1.06. The highest BCUT2D eigenvalue weighted by Crippen LogP contribution is 2.21. The maximum absolute atomic E-state index is 10.2. The van der Waals surface area contributed by atoms with Gasteiger partial charge in [-0.25, -0.2) is 0 Å². The maximum atomic E-state index is 10.2. The molecule has 1 aromatic carbocycles. The lowest BCUT2D eigenvalue weighted by molar-refractivity contribution is 0.0122. The van der Waals surface area contributed by atoms with Crippen LogP contribution in [0.5, 0.6) is 5.75 Å². The van der Waals surface area contributed by atoms with Gasteiger partial charge in [-0.15, -0.1) is 0 Å². The summed E-state index contributed by atoms with van der Waals surface area (Å²) in [6.07, 6.45) is 1.06. The molecule has 1 unspecified atom stereocenters. The van der Waals surface area contributed by atoms with Gasteiger partial charge in [0.1, 0.15) is 18.0 Å². The highest BCUT2D eigenvalue weighted by Gasteiger charge is 2.21. The molecule has 18 heavy (non-hydrogen) atoms. The van der Waals surface area contributed by atoms with Crippen LogP contribution < -0.4 is 10.1 Å². The van der Waals surface area contributed by atoms with Gasteiger partial charge in [-0.1, -0.05) is 19.1 Å². The van der Waals surface area contributed by atoms with Gasteiger partial charge in [0.25, 0.3) is 0 Å². The molecule has 0 amide bonds. The Bertz CT molecular complexity index is 375. The van der Waals surface area contributed by atoms with Gasteiger partial charge in [-0.05, 0) is 50.9 Å². The molecule has 0 fully saturated rings. The van der Waals surface area contributed by atoms with E-state index >= 15 is 0 Å². The van der Waals surface area contributed by atoms with Crippen molar-refractivity contribution in [3.8, 4) is 5.75 Å². The van der Waals surface area contributed by atoms with Crippen molar-refractivity contribution in [1.82, 2.24) is 5.32 Å². The molecule has 3 nitrogen and oxygen atoms in total. The molecule has 1 rings (SSSR count). The Morgan fingerprint density at radius 3 is 2.72 bits per heavy atom. The average molecular weight is 251 g/mol. The summed E-state index contributed by atoms with van der Waals surface area (Å²) in [6, 6.07) is 5.97. The standard InChI is InChI=1S/C15H25NO2/c1-5-9-16-10-15(4,17)11-18-14-8-6-7-12(2)13(14)3/h6-8,16-17H,5,9-11H2,1-4H3. The molecule has 3 heteroatoms. The Kier molecular flexibility index (Phi) is 5.63. The van der Waals surface area contributed by atoms with Crippen molar-refractivity contribution in [2.24, 2.45) is 0 Å². The van der Waals surface area contributed by atoms with Crippen LogP contribution >= 0.6 is 0 Å². The second kappa shape index (κ2) is 6.76. The minimum atomic E-state index is -0.842. The van der Waals surface area contributed by atoms with Crippen LogP contribution in [0.1, 0.15) is 31.4 Å². The first-order valence-corrected chi connectivity index (χ1v) is 6.58. The molecule has 0 spiro atoms. The van der Waals surface area contributed by atoms with E-state index in [1.54, 1.807) is 6.92 Å². The Morgan fingerprint density at radius 1 is 1.33 bits per heavy atom. The first kappa shape index (κ1) is 15.0. The van der Waals surface area contributed by atoms with E-state index < -0.39 is 5.60 Å². The van der Waals surface area contributed by atoms with Crippen molar-refractivity contribution < 1.29 is 9.84 Å². The van der Waals surface area contributed by atoms with Crippen molar-refractivity contribution in [3.05, 3.63) is 29.3 Å². The third-order valence-corrected chi connectivity index (χ3v) is 3.03. The van der Waals surface area contributed by atoms with Gasteiger partial charge in [0.15, 0.2) is 0 Å². The number of rotatable bonds is 7. The number of nitrogens with one attached hydrogen (secondary N) is 1. The lowest BCUT2D eigenvalue weighted by Gasteiger charge is -2.24. The number of aryl methyl sites for hydroxylation is 1. The van der Waals surface area contributed by atoms with Crippen LogP contribution in [0.2, 0.25) is 0 Å². The predicted octanol–water partition coefficient (Wildman–Crippen LogP) is 2.43. The van der Waals surface area contributed by atoms with Crippen LogP contribution in [-0.2, 0) is 0 Å². The molecule has 0 aliphatic rings. The Morgan fingerprint density at radius 2 is 2.06 bits per heavy atom. The largest absolute Gasteiger partial charge is 0.490 e. The molecule has 0 bridgehead atoms. The fraction of sp³-hybridized carbons (Fsp3) is 0.600. The number of hydrogen-bond donors (Lipinski definition) is 2. The van der Waals surface area contributed by atoms with Crippen molar-refractivity contribution in [1.29, 1.82) is 0 Å². The van der Waals surface area contributed by atoms with E-state index in [2.05, 4.69) is 25.2 Å². The first-order chi connectivity index (χ1) is 8.46. The minimum absolute atomic E-state index is 0.300. The molecule has 0 aromatic heterocycles.